The monoisotopic (exact) mass is 402 g/mol. The van der Waals surface area contributed by atoms with E-state index in [2.05, 4.69) is 20.3 Å². The van der Waals surface area contributed by atoms with E-state index < -0.39 is 5.82 Å². The van der Waals surface area contributed by atoms with Crippen molar-refractivity contribution in [1.29, 1.82) is 0 Å². The van der Waals surface area contributed by atoms with E-state index in [0.717, 1.165) is 12.4 Å². The van der Waals surface area contributed by atoms with Gasteiger partial charge in [0, 0.05) is 37.1 Å². The minimum absolute atomic E-state index is 0.250. The molecule has 1 aliphatic rings. The van der Waals surface area contributed by atoms with Crippen molar-refractivity contribution in [2.24, 2.45) is 0 Å². The highest BCUT2D eigenvalue weighted by atomic mass is 32.1. The van der Waals surface area contributed by atoms with Crippen LogP contribution in [-0.4, -0.2) is 52.1 Å². The number of anilines is 2. The molecule has 0 radical (unpaired) electrons. The predicted octanol–water partition coefficient (Wildman–Crippen LogP) is 3.23. The zero-order valence-electron chi connectivity index (χ0n) is 14.7. The van der Waals surface area contributed by atoms with Crippen LogP contribution >= 0.6 is 11.3 Å². The van der Waals surface area contributed by atoms with Crippen molar-refractivity contribution in [1.82, 2.24) is 19.9 Å². The molecular weight excluding hydrogens is 386 g/mol. The molecule has 0 saturated carbocycles. The Morgan fingerprint density at radius 3 is 2.54 bits per heavy atom. The molecule has 4 rings (SSSR count). The van der Waals surface area contributed by atoms with Gasteiger partial charge in [-0.25, -0.2) is 28.5 Å². The first-order valence-corrected chi connectivity index (χ1v) is 9.46. The smallest absolute Gasteiger partial charge is 0.323 e. The Morgan fingerprint density at radius 1 is 1.07 bits per heavy atom. The van der Waals surface area contributed by atoms with Gasteiger partial charge in [0.25, 0.3) is 0 Å². The molecule has 10 heteroatoms. The molecular formula is C18H16F2N6OS. The van der Waals surface area contributed by atoms with E-state index in [9.17, 15) is 13.6 Å². The maximum Gasteiger partial charge on any atom is 0.323 e. The zero-order valence-corrected chi connectivity index (χ0v) is 15.5. The van der Waals surface area contributed by atoms with Crippen LogP contribution in [0.5, 0.6) is 0 Å². The van der Waals surface area contributed by atoms with Crippen molar-refractivity contribution in [3.63, 3.8) is 0 Å². The largest absolute Gasteiger partial charge is 0.337 e. The van der Waals surface area contributed by atoms with Crippen LogP contribution in [-0.2, 0) is 0 Å². The molecule has 0 bridgehead atoms. The molecule has 1 aliphatic heterocycles. The van der Waals surface area contributed by atoms with Gasteiger partial charge in [0.2, 0.25) is 5.95 Å². The number of urea groups is 1. The summed E-state index contributed by atoms with van der Waals surface area (Å²) < 4.78 is 26.3. The van der Waals surface area contributed by atoms with E-state index in [1.54, 1.807) is 22.4 Å². The summed E-state index contributed by atoms with van der Waals surface area (Å²) in [6, 6.07) is 5.90. The predicted molar refractivity (Wildman–Crippen MR) is 102 cm³/mol. The highest BCUT2D eigenvalue weighted by molar-refractivity contribution is 7.14. The Morgan fingerprint density at radius 2 is 1.82 bits per heavy atom. The highest BCUT2D eigenvalue weighted by Crippen LogP contribution is 2.25. The van der Waals surface area contributed by atoms with Gasteiger partial charge in [0.15, 0.2) is 10.9 Å². The Bertz CT molecular complexity index is 972. The molecule has 0 atom stereocenters. The van der Waals surface area contributed by atoms with Crippen LogP contribution < -0.4 is 10.2 Å². The van der Waals surface area contributed by atoms with Gasteiger partial charge in [-0.3, -0.25) is 5.32 Å². The number of carbonyl (C=O) groups excluding carboxylic acids is 1. The molecule has 2 aromatic heterocycles. The number of aromatic nitrogens is 3. The molecule has 1 saturated heterocycles. The SMILES string of the molecule is O=C(Nc1nc(-c2cccc(F)c2)cs1)N1CCN(c2ncc(F)cn2)CC1. The van der Waals surface area contributed by atoms with Gasteiger partial charge in [0.1, 0.15) is 5.82 Å². The van der Waals surface area contributed by atoms with Crippen molar-refractivity contribution < 1.29 is 13.6 Å². The van der Waals surface area contributed by atoms with Gasteiger partial charge in [-0.1, -0.05) is 12.1 Å². The summed E-state index contributed by atoms with van der Waals surface area (Å²) in [7, 11) is 0. The van der Waals surface area contributed by atoms with E-state index in [0.29, 0.717) is 48.5 Å². The van der Waals surface area contributed by atoms with E-state index >= 15 is 0 Å². The first-order chi connectivity index (χ1) is 13.6. The maximum atomic E-state index is 13.4. The lowest BCUT2D eigenvalue weighted by Crippen LogP contribution is -2.50. The van der Waals surface area contributed by atoms with Crippen molar-refractivity contribution >= 4 is 28.4 Å². The van der Waals surface area contributed by atoms with Crippen LogP contribution in [0.3, 0.4) is 0 Å². The average Bonchev–Trinajstić information content (AvgIpc) is 3.17. The van der Waals surface area contributed by atoms with Gasteiger partial charge in [-0.2, -0.15) is 0 Å². The Kier molecular flexibility index (Phi) is 5.11. The number of benzene rings is 1. The number of halogens is 2. The second kappa shape index (κ2) is 7.85. The summed E-state index contributed by atoms with van der Waals surface area (Å²) in [4.78, 5) is 28.3. The van der Waals surface area contributed by atoms with Gasteiger partial charge in [0.05, 0.1) is 18.1 Å². The van der Waals surface area contributed by atoms with E-state index in [1.807, 2.05) is 4.90 Å². The molecule has 1 fully saturated rings. The first kappa shape index (κ1) is 18.2. The normalized spacial score (nSPS) is 14.2. The number of hydrogen-bond acceptors (Lipinski definition) is 6. The summed E-state index contributed by atoms with van der Waals surface area (Å²) in [5.74, 6) is -0.372. The van der Waals surface area contributed by atoms with Crippen LogP contribution in [0.15, 0.2) is 42.0 Å². The molecule has 1 N–H and O–H groups in total. The molecule has 1 aromatic carbocycles. The molecule has 144 valence electrons. The number of nitrogens with zero attached hydrogens (tertiary/aromatic N) is 5. The van der Waals surface area contributed by atoms with E-state index in [-0.39, 0.29) is 11.8 Å². The molecule has 3 heterocycles. The zero-order chi connectivity index (χ0) is 19.5. The second-order valence-electron chi connectivity index (χ2n) is 6.15. The fourth-order valence-corrected chi connectivity index (χ4v) is 3.57. The number of nitrogens with one attached hydrogen (secondary N) is 1. The molecule has 3 aromatic rings. The summed E-state index contributed by atoms with van der Waals surface area (Å²) in [6.07, 6.45) is 2.25. The minimum atomic E-state index is -0.483. The van der Waals surface area contributed by atoms with Gasteiger partial charge in [-0.05, 0) is 12.1 Å². The van der Waals surface area contributed by atoms with Crippen LogP contribution in [0.4, 0.5) is 24.7 Å². The number of thiazole rings is 1. The fraction of sp³-hybridized carbons (Fsp3) is 0.222. The summed E-state index contributed by atoms with van der Waals surface area (Å²) in [6.45, 7) is 2.06. The third-order valence-electron chi connectivity index (χ3n) is 4.29. The minimum Gasteiger partial charge on any atom is -0.337 e. The van der Waals surface area contributed by atoms with Crippen LogP contribution in [0, 0.1) is 11.6 Å². The molecule has 28 heavy (non-hydrogen) atoms. The Hall–Kier alpha value is -3.14. The maximum absolute atomic E-state index is 13.4. The van der Waals surface area contributed by atoms with Crippen molar-refractivity contribution in [2.45, 2.75) is 0 Å². The molecule has 0 aliphatic carbocycles. The van der Waals surface area contributed by atoms with E-state index in [4.69, 9.17) is 0 Å². The third-order valence-corrected chi connectivity index (χ3v) is 5.05. The van der Waals surface area contributed by atoms with Gasteiger partial charge < -0.3 is 9.80 Å². The van der Waals surface area contributed by atoms with E-state index in [1.165, 1.54) is 23.5 Å². The van der Waals surface area contributed by atoms with Gasteiger partial charge in [-0.15, -0.1) is 11.3 Å². The number of piperazine rings is 1. The molecule has 0 spiro atoms. The number of amides is 2. The van der Waals surface area contributed by atoms with Crippen molar-refractivity contribution in [3.8, 4) is 11.3 Å². The van der Waals surface area contributed by atoms with Crippen LogP contribution in [0.1, 0.15) is 0 Å². The highest BCUT2D eigenvalue weighted by Gasteiger charge is 2.23. The molecule has 0 unspecified atom stereocenters. The topological polar surface area (TPSA) is 74.2 Å². The van der Waals surface area contributed by atoms with Gasteiger partial charge >= 0.3 is 6.03 Å². The lowest BCUT2D eigenvalue weighted by molar-refractivity contribution is 0.208. The number of hydrogen-bond donors (Lipinski definition) is 1. The first-order valence-electron chi connectivity index (χ1n) is 8.58. The quantitative estimate of drug-likeness (QED) is 0.728. The number of carbonyl (C=O) groups is 1. The van der Waals surface area contributed by atoms with Crippen molar-refractivity contribution in [2.75, 3.05) is 36.4 Å². The molecule has 2 amide bonds. The number of rotatable bonds is 3. The van der Waals surface area contributed by atoms with Crippen LogP contribution in [0.2, 0.25) is 0 Å². The lowest BCUT2D eigenvalue weighted by Gasteiger charge is -2.34. The average molecular weight is 402 g/mol. The molecule has 7 nitrogen and oxygen atoms in total. The summed E-state index contributed by atoms with van der Waals surface area (Å²) in [5, 5.41) is 5.00. The Labute approximate surface area is 163 Å². The summed E-state index contributed by atoms with van der Waals surface area (Å²) >= 11 is 1.28. The second-order valence-corrected chi connectivity index (χ2v) is 7.01. The summed E-state index contributed by atoms with van der Waals surface area (Å²) in [5.41, 5.74) is 1.27. The third kappa shape index (κ3) is 4.06. The standard InChI is InChI=1S/C18H16F2N6OS/c19-13-3-1-2-12(8-13)15-11-28-17(23-15)24-18(27)26-6-4-25(5-7-26)16-21-9-14(20)10-22-16/h1-3,8-11H,4-7H2,(H,23,24,27). The van der Waals surface area contributed by atoms with Crippen LogP contribution in [0.25, 0.3) is 11.3 Å². The lowest BCUT2D eigenvalue weighted by atomic mass is 10.2. The van der Waals surface area contributed by atoms with Crippen molar-refractivity contribution in [3.05, 3.63) is 53.7 Å². The fourth-order valence-electron chi connectivity index (χ4n) is 2.86. The Balaban J connectivity index is 1.34.